The Labute approximate surface area is 67.8 Å². The Balaban J connectivity index is 4.13. The molecule has 0 N–H and O–H groups in total. The van der Waals surface area contributed by atoms with Gasteiger partial charge in [0.25, 0.3) is 5.92 Å². The number of halogens is 5. The Kier molecular flexibility index (Phi) is 4.49. The molecule has 0 rings (SSSR count). The van der Waals surface area contributed by atoms with Crippen LogP contribution in [-0.4, -0.2) is 24.9 Å². The van der Waals surface area contributed by atoms with Gasteiger partial charge in [-0.3, -0.25) is 4.39 Å². The quantitative estimate of drug-likeness (QED) is 0.584. The van der Waals surface area contributed by atoms with Gasteiger partial charge in [0.1, 0.15) is 6.17 Å². The minimum Gasteiger partial charge on any atom is -0.251 e. The lowest BCUT2D eigenvalue weighted by atomic mass is 10.1. The molecule has 0 nitrogen and oxygen atoms in total. The largest absolute Gasteiger partial charge is 0.284 e. The molecule has 0 saturated heterocycles. The van der Waals surface area contributed by atoms with Gasteiger partial charge in [-0.15, -0.1) is 0 Å². The third kappa shape index (κ3) is 2.95. The summed E-state index contributed by atoms with van der Waals surface area (Å²) < 4.78 is 61.1. The average molecular weight is 190 g/mol. The zero-order chi connectivity index (χ0) is 9.78. The summed E-state index contributed by atoms with van der Waals surface area (Å²) in [6.07, 6.45) is -6.69. The van der Waals surface area contributed by atoms with Gasteiger partial charge in [0.15, 0.2) is 6.17 Å². The van der Waals surface area contributed by atoms with Crippen molar-refractivity contribution in [1.82, 2.24) is 0 Å². The van der Waals surface area contributed by atoms with Gasteiger partial charge in [-0.05, 0) is 6.42 Å². The molecule has 0 aromatic carbocycles. The average Bonchev–Trinajstić information content (AvgIpc) is 2.01. The maximum Gasteiger partial charge on any atom is 0.284 e. The molecule has 0 aromatic rings. The molecule has 74 valence electrons. The smallest absolute Gasteiger partial charge is 0.251 e. The van der Waals surface area contributed by atoms with Crippen molar-refractivity contribution in [3.63, 3.8) is 0 Å². The summed E-state index contributed by atoms with van der Waals surface area (Å²) in [5.41, 5.74) is 0. The molecule has 0 bridgehead atoms. The van der Waals surface area contributed by atoms with Gasteiger partial charge < -0.3 is 0 Å². The fourth-order valence-electron chi connectivity index (χ4n) is 0.735. The minimum atomic E-state index is -3.88. The molecule has 1 unspecified atom stereocenters. The number of hydrogen-bond acceptors (Lipinski definition) is 0. The Morgan fingerprint density at radius 3 is 2.08 bits per heavy atom. The van der Waals surface area contributed by atoms with Crippen molar-refractivity contribution in [2.24, 2.45) is 0 Å². The zero-order valence-corrected chi connectivity index (χ0v) is 6.67. The van der Waals surface area contributed by atoms with E-state index in [0.29, 0.717) is 0 Å². The van der Waals surface area contributed by atoms with E-state index in [1.165, 1.54) is 6.92 Å². The van der Waals surface area contributed by atoms with Crippen molar-refractivity contribution in [2.75, 3.05) is 6.67 Å². The highest BCUT2D eigenvalue weighted by Gasteiger charge is 2.44. The van der Waals surface area contributed by atoms with Gasteiger partial charge >= 0.3 is 0 Å². The van der Waals surface area contributed by atoms with E-state index >= 15 is 0 Å². The van der Waals surface area contributed by atoms with Gasteiger partial charge in [-0.25, -0.2) is 17.6 Å². The van der Waals surface area contributed by atoms with Crippen LogP contribution in [0.1, 0.15) is 19.8 Å². The Morgan fingerprint density at radius 2 is 1.75 bits per heavy atom. The van der Waals surface area contributed by atoms with Gasteiger partial charge in [-0.2, -0.15) is 0 Å². The Hall–Kier alpha value is -0.350. The van der Waals surface area contributed by atoms with Crippen LogP contribution in [0.2, 0.25) is 0 Å². The first-order chi connectivity index (χ1) is 5.45. The van der Waals surface area contributed by atoms with E-state index in [0.717, 1.165) is 0 Å². The molecule has 0 aliphatic carbocycles. The summed E-state index contributed by atoms with van der Waals surface area (Å²) in [7, 11) is 0. The summed E-state index contributed by atoms with van der Waals surface area (Å²) in [6.45, 7) is -0.0906. The van der Waals surface area contributed by atoms with Crippen LogP contribution in [0.5, 0.6) is 0 Å². The van der Waals surface area contributed by atoms with Crippen LogP contribution in [0.25, 0.3) is 0 Å². The van der Waals surface area contributed by atoms with E-state index in [-0.39, 0.29) is 6.42 Å². The lowest BCUT2D eigenvalue weighted by Gasteiger charge is -2.21. The van der Waals surface area contributed by atoms with E-state index in [4.69, 9.17) is 0 Å². The molecule has 0 amide bonds. The first-order valence-corrected chi connectivity index (χ1v) is 3.67. The van der Waals surface area contributed by atoms with Crippen molar-refractivity contribution in [2.45, 2.75) is 38.0 Å². The molecular formula is C7H11F5. The minimum absolute atomic E-state index is 0.330. The molecule has 0 saturated carbocycles. The second-order valence-electron chi connectivity index (χ2n) is 2.53. The lowest BCUT2D eigenvalue weighted by molar-refractivity contribution is -0.107. The van der Waals surface area contributed by atoms with Crippen LogP contribution in [0, 0.1) is 0 Å². The van der Waals surface area contributed by atoms with Gasteiger partial charge in [0, 0.05) is 6.42 Å². The van der Waals surface area contributed by atoms with Crippen LogP contribution < -0.4 is 0 Å². The SMILES string of the molecule is CCC(F)[C@H](F)C(F)(F)CCF. The second kappa shape index (κ2) is 4.62. The summed E-state index contributed by atoms with van der Waals surface area (Å²) in [5, 5.41) is 0. The van der Waals surface area contributed by atoms with E-state index in [9.17, 15) is 22.0 Å². The summed E-state index contributed by atoms with van der Waals surface area (Å²) >= 11 is 0. The topological polar surface area (TPSA) is 0 Å². The zero-order valence-electron chi connectivity index (χ0n) is 6.67. The van der Waals surface area contributed by atoms with E-state index < -0.39 is 31.4 Å². The highest BCUT2D eigenvalue weighted by Crippen LogP contribution is 2.30. The third-order valence-corrected chi connectivity index (χ3v) is 1.54. The Bertz CT molecular complexity index is 125. The maximum absolute atomic E-state index is 12.5. The monoisotopic (exact) mass is 190 g/mol. The number of alkyl halides is 5. The fourth-order valence-corrected chi connectivity index (χ4v) is 0.735. The van der Waals surface area contributed by atoms with Crippen molar-refractivity contribution >= 4 is 0 Å². The predicted molar refractivity (Wildman–Crippen MR) is 35.6 cm³/mol. The van der Waals surface area contributed by atoms with Crippen molar-refractivity contribution < 1.29 is 22.0 Å². The molecule has 0 radical (unpaired) electrons. The molecular weight excluding hydrogens is 179 g/mol. The van der Waals surface area contributed by atoms with Crippen LogP contribution in [0.3, 0.4) is 0 Å². The van der Waals surface area contributed by atoms with Gasteiger partial charge in [0.2, 0.25) is 0 Å². The van der Waals surface area contributed by atoms with Crippen LogP contribution in [0.15, 0.2) is 0 Å². The van der Waals surface area contributed by atoms with Gasteiger partial charge in [0.05, 0.1) is 6.67 Å². The van der Waals surface area contributed by atoms with Crippen molar-refractivity contribution in [3.05, 3.63) is 0 Å². The molecule has 0 aliphatic heterocycles. The van der Waals surface area contributed by atoms with Crippen molar-refractivity contribution in [3.8, 4) is 0 Å². The first-order valence-electron chi connectivity index (χ1n) is 3.67. The number of rotatable bonds is 5. The molecule has 12 heavy (non-hydrogen) atoms. The van der Waals surface area contributed by atoms with Crippen LogP contribution in [-0.2, 0) is 0 Å². The summed E-state index contributed by atoms with van der Waals surface area (Å²) in [5.74, 6) is -3.88. The maximum atomic E-state index is 12.5. The van der Waals surface area contributed by atoms with Crippen LogP contribution >= 0.6 is 0 Å². The molecule has 5 heteroatoms. The molecule has 0 heterocycles. The van der Waals surface area contributed by atoms with E-state index in [1.54, 1.807) is 0 Å². The second-order valence-corrected chi connectivity index (χ2v) is 2.53. The summed E-state index contributed by atoms with van der Waals surface area (Å²) in [6, 6.07) is 0. The molecule has 0 spiro atoms. The van der Waals surface area contributed by atoms with E-state index in [2.05, 4.69) is 0 Å². The Morgan fingerprint density at radius 1 is 1.25 bits per heavy atom. The van der Waals surface area contributed by atoms with Crippen LogP contribution in [0.4, 0.5) is 22.0 Å². The highest BCUT2D eigenvalue weighted by molar-refractivity contribution is 4.82. The molecule has 0 aliphatic rings. The standard InChI is InChI=1S/C7H11F5/c1-2-5(9)6(10)7(11,12)3-4-8/h5-6H,2-4H2,1H3/t5?,6-/m0/s1. The van der Waals surface area contributed by atoms with Gasteiger partial charge in [-0.1, -0.05) is 6.92 Å². The third-order valence-electron chi connectivity index (χ3n) is 1.54. The van der Waals surface area contributed by atoms with Crippen molar-refractivity contribution in [1.29, 1.82) is 0 Å². The molecule has 0 fully saturated rings. The lowest BCUT2D eigenvalue weighted by Crippen LogP contribution is -2.37. The van der Waals surface area contributed by atoms with E-state index in [1.807, 2.05) is 0 Å². The fraction of sp³-hybridized carbons (Fsp3) is 1.00. The molecule has 0 aromatic heterocycles. The first kappa shape index (κ1) is 11.6. The molecule has 2 atom stereocenters. The highest BCUT2D eigenvalue weighted by atomic mass is 19.3. The predicted octanol–water partition coefficient (Wildman–Crippen LogP) is 3.07. The normalized spacial score (nSPS) is 17.5. The number of hydrogen-bond donors (Lipinski definition) is 0. The summed E-state index contributed by atoms with van der Waals surface area (Å²) in [4.78, 5) is 0.